The highest BCUT2D eigenvalue weighted by molar-refractivity contribution is 7.99. The SMILES string of the molecule is CCCSc1nc(C(C)C)nn1C(=O)N(C)C. The van der Waals surface area contributed by atoms with Crippen molar-refractivity contribution in [3.8, 4) is 0 Å². The standard InChI is InChI=1S/C11H20N4OS/c1-6-7-17-10-12-9(8(2)3)13-15(10)11(16)14(4)5/h8H,6-7H2,1-5H3. The average Bonchev–Trinajstić information content (AvgIpc) is 2.69. The van der Waals surface area contributed by atoms with Crippen LogP contribution in [0.15, 0.2) is 5.16 Å². The van der Waals surface area contributed by atoms with Gasteiger partial charge in [0.15, 0.2) is 11.0 Å². The Hall–Kier alpha value is -1.04. The predicted molar refractivity (Wildman–Crippen MR) is 69.6 cm³/mol. The molecule has 0 aromatic carbocycles. The van der Waals surface area contributed by atoms with Crippen LogP contribution < -0.4 is 0 Å². The molecule has 0 saturated heterocycles. The Labute approximate surface area is 107 Å². The van der Waals surface area contributed by atoms with Crippen LogP contribution in [0.25, 0.3) is 0 Å². The second-order valence-electron chi connectivity index (χ2n) is 4.34. The Bertz CT molecular complexity index is 387. The fourth-order valence-electron chi connectivity index (χ4n) is 1.16. The monoisotopic (exact) mass is 256 g/mol. The van der Waals surface area contributed by atoms with Gasteiger partial charge in [0.1, 0.15) is 0 Å². The van der Waals surface area contributed by atoms with Crippen molar-refractivity contribution in [2.45, 2.75) is 38.3 Å². The van der Waals surface area contributed by atoms with E-state index < -0.39 is 0 Å². The van der Waals surface area contributed by atoms with Crippen molar-refractivity contribution in [3.63, 3.8) is 0 Å². The normalized spacial score (nSPS) is 10.9. The van der Waals surface area contributed by atoms with E-state index in [2.05, 4.69) is 17.0 Å². The van der Waals surface area contributed by atoms with Crippen LogP contribution >= 0.6 is 11.8 Å². The lowest BCUT2D eigenvalue weighted by Gasteiger charge is -2.10. The predicted octanol–water partition coefficient (Wildman–Crippen LogP) is 2.43. The molecule has 1 amide bonds. The summed E-state index contributed by atoms with van der Waals surface area (Å²) in [5.41, 5.74) is 0. The second-order valence-corrected chi connectivity index (χ2v) is 5.41. The summed E-state index contributed by atoms with van der Waals surface area (Å²) >= 11 is 1.57. The fourth-order valence-corrected chi connectivity index (χ4v) is 1.94. The largest absolute Gasteiger partial charge is 0.346 e. The number of rotatable bonds is 4. The summed E-state index contributed by atoms with van der Waals surface area (Å²) in [5, 5.41) is 4.97. The van der Waals surface area contributed by atoms with E-state index in [0.717, 1.165) is 18.0 Å². The lowest BCUT2D eigenvalue weighted by atomic mass is 10.2. The number of thioether (sulfide) groups is 1. The minimum atomic E-state index is -0.150. The number of carbonyl (C=O) groups excluding carboxylic acids is 1. The summed E-state index contributed by atoms with van der Waals surface area (Å²) in [6.07, 6.45) is 1.05. The molecule has 0 fully saturated rings. The lowest BCUT2D eigenvalue weighted by Crippen LogP contribution is -2.28. The lowest BCUT2D eigenvalue weighted by molar-refractivity contribution is 0.213. The van der Waals surface area contributed by atoms with Crippen molar-refractivity contribution in [3.05, 3.63) is 5.82 Å². The molecule has 0 unspecified atom stereocenters. The highest BCUT2D eigenvalue weighted by Gasteiger charge is 2.18. The van der Waals surface area contributed by atoms with Crippen molar-refractivity contribution in [1.29, 1.82) is 0 Å². The van der Waals surface area contributed by atoms with Crippen molar-refractivity contribution in [2.75, 3.05) is 19.8 Å². The van der Waals surface area contributed by atoms with E-state index in [-0.39, 0.29) is 11.9 Å². The Morgan fingerprint density at radius 3 is 2.59 bits per heavy atom. The highest BCUT2D eigenvalue weighted by Crippen LogP contribution is 2.20. The van der Waals surface area contributed by atoms with Gasteiger partial charge < -0.3 is 4.90 Å². The van der Waals surface area contributed by atoms with Crippen LogP contribution in [0.3, 0.4) is 0 Å². The van der Waals surface area contributed by atoms with Gasteiger partial charge in [-0.1, -0.05) is 32.5 Å². The van der Waals surface area contributed by atoms with Gasteiger partial charge in [0.2, 0.25) is 0 Å². The molecule has 0 aliphatic heterocycles. The number of carbonyl (C=O) groups is 1. The van der Waals surface area contributed by atoms with Crippen molar-refractivity contribution in [2.24, 2.45) is 0 Å². The zero-order valence-corrected chi connectivity index (χ0v) is 11.9. The maximum Gasteiger partial charge on any atom is 0.346 e. The van der Waals surface area contributed by atoms with Crippen LogP contribution in [0.5, 0.6) is 0 Å². The molecule has 0 radical (unpaired) electrons. The molecule has 0 aliphatic carbocycles. The third kappa shape index (κ3) is 3.46. The van der Waals surface area contributed by atoms with Gasteiger partial charge in [-0.3, -0.25) is 0 Å². The van der Waals surface area contributed by atoms with Crippen molar-refractivity contribution in [1.82, 2.24) is 19.7 Å². The van der Waals surface area contributed by atoms with E-state index in [1.165, 1.54) is 9.58 Å². The van der Waals surface area contributed by atoms with E-state index in [9.17, 15) is 4.79 Å². The number of nitrogens with zero attached hydrogens (tertiary/aromatic N) is 4. The molecule has 1 rings (SSSR count). The molecule has 0 atom stereocenters. The van der Waals surface area contributed by atoms with Gasteiger partial charge in [0, 0.05) is 25.8 Å². The molecular formula is C11H20N4OS. The molecule has 1 aromatic rings. The van der Waals surface area contributed by atoms with Gasteiger partial charge in [-0.15, -0.1) is 5.10 Å². The first kappa shape index (κ1) is 14.0. The van der Waals surface area contributed by atoms with Gasteiger partial charge in [0.25, 0.3) is 0 Å². The summed E-state index contributed by atoms with van der Waals surface area (Å²) < 4.78 is 1.40. The minimum absolute atomic E-state index is 0.150. The molecule has 0 N–H and O–H groups in total. The second kappa shape index (κ2) is 6.05. The molecule has 1 heterocycles. The van der Waals surface area contributed by atoms with E-state index in [4.69, 9.17) is 0 Å². The summed E-state index contributed by atoms with van der Waals surface area (Å²) in [5.74, 6) is 1.89. The van der Waals surface area contributed by atoms with Gasteiger partial charge in [-0.05, 0) is 6.42 Å². The number of amides is 1. The van der Waals surface area contributed by atoms with Crippen LogP contribution in [-0.4, -0.2) is 45.5 Å². The van der Waals surface area contributed by atoms with Crippen molar-refractivity contribution < 1.29 is 4.79 Å². The highest BCUT2D eigenvalue weighted by atomic mass is 32.2. The average molecular weight is 256 g/mol. The summed E-state index contributed by atoms with van der Waals surface area (Å²) in [6, 6.07) is -0.150. The van der Waals surface area contributed by atoms with Gasteiger partial charge in [0.05, 0.1) is 0 Å². The van der Waals surface area contributed by atoms with Gasteiger partial charge in [-0.25, -0.2) is 9.78 Å². The topological polar surface area (TPSA) is 51.0 Å². The molecule has 0 saturated carbocycles. The number of aromatic nitrogens is 3. The molecule has 1 aromatic heterocycles. The molecule has 6 heteroatoms. The summed E-state index contributed by atoms with van der Waals surface area (Å²) in [7, 11) is 3.43. The molecular weight excluding hydrogens is 236 g/mol. The molecule has 0 spiro atoms. The van der Waals surface area contributed by atoms with E-state index in [0.29, 0.717) is 5.16 Å². The van der Waals surface area contributed by atoms with E-state index in [1.807, 2.05) is 13.8 Å². The molecule has 0 aliphatic rings. The molecule has 0 bridgehead atoms. The number of hydrogen-bond donors (Lipinski definition) is 0. The molecule has 96 valence electrons. The maximum absolute atomic E-state index is 11.9. The number of hydrogen-bond acceptors (Lipinski definition) is 4. The van der Waals surface area contributed by atoms with E-state index >= 15 is 0 Å². The first-order chi connectivity index (χ1) is 7.97. The van der Waals surface area contributed by atoms with Crippen LogP contribution in [0, 0.1) is 0 Å². The first-order valence-electron chi connectivity index (χ1n) is 5.78. The zero-order chi connectivity index (χ0) is 13.0. The van der Waals surface area contributed by atoms with Crippen LogP contribution in [0.4, 0.5) is 4.79 Å². The smallest absolute Gasteiger partial charge is 0.329 e. The third-order valence-corrected chi connectivity index (χ3v) is 3.24. The van der Waals surface area contributed by atoms with E-state index in [1.54, 1.807) is 25.9 Å². The quantitative estimate of drug-likeness (QED) is 0.776. The van der Waals surface area contributed by atoms with Gasteiger partial charge >= 0.3 is 6.03 Å². The van der Waals surface area contributed by atoms with Crippen LogP contribution in [0.2, 0.25) is 0 Å². The Morgan fingerprint density at radius 1 is 1.47 bits per heavy atom. The Morgan fingerprint density at radius 2 is 2.12 bits per heavy atom. The molecule has 5 nitrogen and oxygen atoms in total. The summed E-state index contributed by atoms with van der Waals surface area (Å²) in [4.78, 5) is 17.9. The van der Waals surface area contributed by atoms with Crippen molar-refractivity contribution >= 4 is 17.8 Å². The Kier molecular flexibility index (Phi) is 4.99. The maximum atomic E-state index is 11.9. The summed E-state index contributed by atoms with van der Waals surface area (Å²) in [6.45, 7) is 6.15. The zero-order valence-electron chi connectivity index (χ0n) is 11.1. The van der Waals surface area contributed by atoms with Crippen LogP contribution in [0.1, 0.15) is 38.9 Å². The van der Waals surface area contributed by atoms with Gasteiger partial charge in [-0.2, -0.15) is 4.68 Å². The molecule has 17 heavy (non-hydrogen) atoms. The first-order valence-corrected chi connectivity index (χ1v) is 6.77. The fraction of sp³-hybridized carbons (Fsp3) is 0.727. The van der Waals surface area contributed by atoms with Crippen LogP contribution in [-0.2, 0) is 0 Å². The minimum Gasteiger partial charge on any atom is -0.329 e. The third-order valence-electron chi connectivity index (χ3n) is 2.11. The Balaban J connectivity index is 3.03.